The van der Waals surface area contributed by atoms with Crippen LogP contribution in [0.2, 0.25) is 10.0 Å². The van der Waals surface area contributed by atoms with Gasteiger partial charge >= 0.3 is 0 Å². The summed E-state index contributed by atoms with van der Waals surface area (Å²) in [4.78, 5) is 4.80. The van der Waals surface area contributed by atoms with Crippen LogP contribution < -0.4 is 4.74 Å². The van der Waals surface area contributed by atoms with Gasteiger partial charge in [-0.3, -0.25) is 0 Å². The van der Waals surface area contributed by atoms with Crippen molar-refractivity contribution in [2.75, 3.05) is 0 Å². The second kappa shape index (κ2) is 9.53. The van der Waals surface area contributed by atoms with Crippen LogP contribution in [0, 0.1) is 0 Å². The van der Waals surface area contributed by atoms with Crippen molar-refractivity contribution in [3.8, 4) is 17.1 Å². The maximum atomic E-state index is 6.28. The van der Waals surface area contributed by atoms with Crippen molar-refractivity contribution >= 4 is 46.3 Å². The normalized spacial score (nSPS) is 11.3. The molecule has 0 aliphatic rings. The highest BCUT2D eigenvalue weighted by atomic mass is 35.5. The minimum Gasteiger partial charge on any atom is -0.487 e. The Balaban J connectivity index is 1.37. The molecular weight excluding hydrogens is 453 g/mol. The first kappa shape index (κ1) is 21.3. The van der Waals surface area contributed by atoms with E-state index in [2.05, 4.69) is 0 Å². The molecule has 0 bridgehead atoms. The van der Waals surface area contributed by atoms with E-state index >= 15 is 0 Å². The van der Waals surface area contributed by atoms with E-state index in [0.717, 1.165) is 45.0 Å². The van der Waals surface area contributed by atoms with Crippen molar-refractivity contribution in [3.63, 3.8) is 0 Å². The fourth-order valence-corrected chi connectivity index (χ4v) is 3.86. The predicted molar refractivity (Wildman–Crippen MR) is 136 cm³/mol. The third-order valence-electron chi connectivity index (χ3n) is 5.20. The van der Waals surface area contributed by atoms with Crippen LogP contribution in [0.5, 0.6) is 5.75 Å². The Bertz CT molecular complexity index is 1440. The Labute approximate surface area is 201 Å². The van der Waals surface area contributed by atoms with Gasteiger partial charge in [0.05, 0.1) is 10.7 Å². The largest absolute Gasteiger partial charge is 0.487 e. The van der Waals surface area contributed by atoms with Crippen LogP contribution in [0.15, 0.2) is 95.4 Å². The zero-order valence-electron chi connectivity index (χ0n) is 17.5. The molecule has 2 aromatic heterocycles. The zero-order valence-corrected chi connectivity index (χ0v) is 19.1. The monoisotopic (exact) mass is 471 g/mol. The van der Waals surface area contributed by atoms with Gasteiger partial charge in [0.2, 0.25) is 0 Å². The molecule has 5 heteroatoms. The maximum Gasteiger partial charge on any atom is 0.146 e. The smallest absolute Gasteiger partial charge is 0.146 e. The van der Waals surface area contributed by atoms with E-state index in [9.17, 15) is 0 Å². The van der Waals surface area contributed by atoms with Gasteiger partial charge in [-0.15, -0.1) is 0 Å². The van der Waals surface area contributed by atoms with E-state index in [1.807, 2.05) is 103 Å². The van der Waals surface area contributed by atoms with E-state index in [-0.39, 0.29) is 0 Å². The number of nitrogens with zero attached hydrogens (tertiary/aromatic N) is 1. The molecule has 2 heterocycles. The number of pyridine rings is 1. The lowest BCUT2D eigenvalue weighted by molar-refractivity contribution is 0.309. The summed E-state index contributed by atoms with van der Waals surface area (Å²) in [7, 11) is 0. The van der Waals surface area contributed by atoms with Gasteiger partial charge in [-0.25, -0.2) is 4.98 Å². The van der Waals surface area contributed by atoms with Gasteiger partial charge in [-0.2, -0.15) is 0 Å². The molecular formula is C28H19Cl2NO2. The molecule has 0 aliphatic carbocycles. The molecule has 0 amide bonds. The maximum absolute atomic E-state index is 6.28. The Hall–Kier alpha value is -3.53. The van der Waals surface area contributed by atoms with Crippen molar-refractivity contribution in [2.45, 2.75) is 6.61 Å². The number of furan rings is 1. The summed E-state index contributed by atoms with van der Waals surface area (Å²) in [6, 6.07) is 29.0. The second-order valence-corrected chi connectivity index (χ2v) is 8.34. The number of hydrogen-bond acceptors (Lipinski definition) is 3. The van der Waals surface area contributed by atoms with Gasteiger partial charge in [0.15, 0.2) is 0 Å². The average molecular weight is 472 g/mol. The molecule has 0 fully saturated rings. The summed E-state index contributed by atoms with van der Waals surface area (Å²) < 4.78 is 12.0. The lowest BCUT2D eigenvalue weighted by atomic mass is 10.1. The topological polar surface area (TPSA) is 35.3 Å². The van der Waals surface area contributed by atoms with Crippen molar-refractivity contribution in [2.24, 2.45) is 0 Å². The van der Waals surface area contributed by atoms with Crippen molar-refractivity contribution in [3.05, 3.63) is 118 Å². The lowest BCUT2D eigenvalue weighted by Gasteiger charge is -2.09. The Morgan fingerprint density at radius 1 is 0.788 bits per heavy atom. The number of aromatic nitrogens is 1. The molecule has 33 heavy (non-hydrogen) atoms. The molecule has 0 unspecified atom stereocenters. The SMILES string of the molecule is Clc1ccc(COc2cccc3ccc(/C=C\c4ccc(-c5ccccc5Cl)o4)nc23)cc1. The van der Waals surface area contributed by atoms with Crippen molar-refractivity contribution in [1.29, 1.82) is 0 Å². The van der Waals surface area contributed by atoms with Gasteiger partial charge in [0.1, 0.15) is 29.4 Å². The van der Waals surface area contributed by atoms with Gasteiger partial charge in [-0.1, -0.05) is 65.7 Å². The summed E-state index contributed by atoms with van der Waals surface area (Å²) in [6.07, 6.45) is 3.82. The van der Waals surface area contributed by atoms with Crippen LogP contribution in [0.3, 0.4) is 0 Å². The van der Waals surface area contributed by atoms with Crippen LogP contribution >= 0.6 is 23.2 Å². The quantitative estimate of drug-likeness (QED) is 0.248. The van der Waals surface area contributed by atoms with E-state index in [1.54, 1.807) is 0 Å². The third kappa shape index (κ3) is 4.95. The lowest BCUT2D eigenvalue weighted by Crippen LogP contribution is -1.97. The number of halogens is 2. The molecule has 0 atom stereocenters. The third-order valence-corrected chi connectivity index (χ3v) is 5.78. The van der Waals surface area contributed by atoms with Gasteiger partial charge in [-0.05, 0) is 66.2 Å². The first-order chi connectivity index (χ1) is 16.2. The fourth-order valence-electron chi connectivity index (χ4n) is 3.50. The highest BCUT2D eigenvalue weighted by Crippen LogP contribution is 2.30. The fraction of sp³-hybridized carbons (Fsp3) is 0.0357. The van der Waals surface area contributed by atoms with E-state index < -0.39 is 0 Å². The molecule has 5 rings (SSSR count). The summed E-state index contributed by atoms with van der Waals surface area (Å²) in [5.74, 6) is 2.18. The first-order valence-electron chi connectivity index (χ1n) is 10.5. The highest BCUT2D eigenvalue weighted by molar-refractivity contribution is 6.33. The first-order valence-corrected chi connectivity index (χ1v) is 11.2. The van der Waals surface area contributed by atoms with Gasteiger partial charge in [0.25, 0.3) is 0 Å². The Morgan fingerprint density at radius 2 is 1.64 bits per heavy atom. The number of hydrogen-bond donors (Lipinski definition) is 0. The van der Waals surface area contributed by atoms with Crippen LogP contribution in [-0.4, -0.2) is 4.98 Å². The van der Waals surface area contributed by atoms with Crippen molar-refractivity contribution < 1.29 is 9.15 Å². The van der Waals surface area contributed by atoms with Gasteiger partial charge < -0.3 is 9.15 Å². The average Bonchev–Trinajstić information content (AvgIpc) is 3.31. The summed E-state index contributed by atoms with van der Waals surface area (Å²) >= 11 is 12.2. The molecule has 0 N–H and O–H groups in total. The molecule has 3 nitrogen and oxygen atoms in total. The van der Waals surface area contributed by atoms with Gasteiger partial charge in [0, 0.05) is 16.0 Å². The molecule has 0 radical (unpaired) electrons. The zero-order chi connectivity index (χ0) is 22.6. The number of fused-ring (bicyclic) bond motifs is 1. The van der Waals surface area contributed by atoms with Crippen LogP contribution in [0.1, 0.15) is 17.0 Å². The molecule has 0 aliphatic heterocycles. The Kier molecular flexibility index (Phi) is 6.16. The number of benzene rings is 3. The molecule has 3 aromatic carbocycles. The van der Waals surface area contributed by atoms with Crippen LogP contribution in [-0.2, 0) is 6.61 Å². The second-order valence-electron chi connectivity index (χ2n) is 7.49. The van der Waals surface area contributed by atoms with E-state index in [0.29, 0.717) is 16.7 Å². The summed E-state index contributed by atoms with van der Waals surface area (Å²) in [6.45, 7) is 0.440. The van der Waals surface area contributed by atoms with E-state index in [4.69, 9.17) is 37.3 Å². The number of rotatable bonds is 6. The summed E-state index contributed by atoms with van der Waals surface area (Å²) in [5.41, 5.74) is 3.52. The minimum atomic E-state index is 0.440. The molecule has 5 aromatic rings. The summed E-state index contributed by atoms with van der Waals surface area (Å²) in [5, 5.41) is 2.38. The minimum absolute atomic E-state index is 0.440. The molecule has 0 saturated carbocycles. The molecule has 0 saturated heterocycles. The highest BCUT2D eigenvalue weighted by Gasteiger charge is 2.08. The number of ether oxygens (including phenoxy) is 1. The van der Waals surface area contributed by atoms with Crippen LogP contribution in [0.4, 0.5) is 0 Å². The molecule has 162 valence electrons. The predicted octanol–water partition coefficient (Wildman–Crippen LogP) is 8.55. The van der Waals surface area contributed by atoms with Crippen molar-refractivity contribution in [1.82, 2.24) is 4.98 Å². The molecule has 0 spiro atoms. The standard InChI is InChI=1S/C28H19Cl2NO2/c29-21-11-8-19(9-12-21)18-32-27-7-3-4-20-10-13-22(31-28(20)27)14-15-23-16-17-26(33-23)24-5-1-2-6-25(24)30/h1-17H,18H2/b15-14-. The van der Waals surface area contributed by atoms with E-state index in [1.165, 1.54) is 0 Å². The van der Waals surface area contributed by atoms with Crippen LogP contribution in [0.25, 0.3) is 34.4 Å². The Morgan fingerprint density at radius 3 is 2.48 bits per heavy atom. The number of para-hydroxylation sites is 1.